The molecule has 0 spiro atoms. The minimum atomic E-state index is 0.354. The molecule has 1 aliphatic rings. The maximum Gasteiger partial charge on any atom is 0.0314 e. The molecule has 0 aromatic heterocycles. The van der Waals surface area contributed by atoms with Crippen molar-refractivity contribution in [1.29, 1.82) is 0 Å². The maximum atomic E-state index is 5.95. The van der Waals surface area contributed by atoms with Gasteiger partial charge in [0.1, 0.15) is 0 Å². The molecule has 1 saturated carbocycles. The van der Waals surface area contributed by atoms with Gasteiger partial charge in [-0.3, -0.25) is 0 Å². The number of anilines is 1. The number of nitrogens with two attached hydrogens (primary N) is 2. The molecule has 0 bridgehead atoms. The lowest BCUT2D eigenvalue weighted by Crippen LogP contribution is -2.29. The van der Waals surface area contributed by atoms with Crippen LogP contribution in [0, 0.1) is 5.92 Å². The number of hydrogen-bond acceptors (Lipinski definition) is 2. The Morgan fingerprint density at radius 2 is 1.62 bits per heavy atom. The highest BCUT2D eigenvalue weighted by molar-refractivity contribution is 5.40. The fraction of sp³-hybridized carbons (Fsp3) is 0.571. The first kappa shape index (κ1) is 11.5. The van der Waals surface area contributed by atoms with Gasteiger partial charge in [0.15, 0.2) is 0 Å². The molecule has 4 N–H and O–H groups in total. The van der Waals surface area contributed by atoms with Crippen LogP contribution in [0.3, 0.4) is 0 Å². The second-order valence-corrected chi connectivity index (χ2v) is 5.14. The molecule has 0 amide bonds. The number of nitrogen functional groups attached to an aromatic ring is 1. The summed E-state index contributed by atoms with van der Waals surface area (Å²) in [6.45, 7) is 2.13. The van der Waals surface area contributed by atoms with E-state index in [4.69, 9.17) is 11.5 Å². The van der Waals surface area contributed by atoms with Crippen LogP contribution in [0.25, 0.3) is 0 Å². The van der Waals surface area contributed by atoms with Crippen LogP contribution in [0.1, 0.15) is 44.1 Å². The van der Waals surface area contributed by atoms with E-state index in [0.717, 1.165) is 17.5 Å². The summed E-state index contributed by atoms with van der Waals surface area (Å²) in [5.74, 6) is 1.45. The van der Waals surface area contributed by atoms with Gasteiger partial charge in [0.05, 0.1) is 0 Å². The lowest BCUT2D eigenvalue weighted by atomic mass is 9.76. The fourth-order valence-corrected chi connectivity index (χ4v) is 2.75. The maximum absolute atomic E-state index is 5.95. The van der Waals surface area contributed by atoms with E-state index in [1.54, 1.807) is 0 Å². The van der Waals surface area contributed by atoms with Gasteiger partial charge < -0.3 is 11.5 Å². The molecule has 16 heavy (non-hydrogen) atoms. The van der Waals surface area contributed by atoms with E-state index >= 15 is 0 Å². The Labute approximate surface area is 98.0 Å². The van der Waals surface area contributed by atoms with Crippen LogP contribution < -0.4 is 11.5 Å². The summed E-state index contributed by atoms with van der Waals surface area (Å²) in [6.07, 6.45) is 5.09. The molecule has 2 nitrogen and oxygen atoms in total. The summed E-state index contributed by atoms with van der Waals surface area (Å²) in [7, 11) is 0. The van der Waals surface area contributed by atoms with E-state index in [1.165, 1.54) is 31.2 Å². The predicted octanol–water partition coefficient (Wildman–Crippen LogP) is 2.89. The summed E-state index contributed by atoms with van der Waals surface area (Å²) in [6, 6.07) is 8.71. The molecule has 0 aliphatic heterocycles. The smallest absolute Gasteiger partial charge is 0.0314 e. The first-order chi connectivity index (χ1) is 7.66. The zero-order valence-electron chi connectivity index (χ0n) is 10.0. The van der Waals surface area contributed by atoms with Crippen LogP contribution in [0.5, 0.6) is 0 Å². The molecule has 1 aromatic carbocycles. The van der Waals surface area contributed by atoms with Gasteiger partial charge in [-0.25, -0.2) is 0 Å². The van der Waals surface area contributed by atoms with Crippen LogP contribution in [0.4, 0.5) is 5.69 Å². The minimum Gasteiger partial charge on any atom is -0.399 e. The molecule has 2 rings (SSSR count). The Bertz CT molecular complexity index is 321. The van der Waals surface area contributed by atoms with Crippen molar-refractivity contribution in [2.24, 2.45) is 11.7 Å². The van der Waals surface area contributed by atoms with Crippen molar-refractivity contribution >= 4 is 5.69 Å². The molecular formula is C14H22N2. The van der Waals surface area contributed by atoms with E-state index in [1.807, 2.05) is 12.1 Å². The lowest BCUT2D eigenvalue weighted by Gasteiger charge is -2.31. The number of benzene rings is 1. The highest BCUT2D eigenvalue weighted by atomic mass is 14.6. The van der Waals surface area contributed by atoms with E-state index < -0.39 is 0 Å². The van der Waals surface area contributed by atoms with Crippen molar-refractivity contribution < 1.29 is 0 Å². The van der Waals surface area contributed by atoms with E-state index in [0.29, 0.717) is 6.04 Å². The van der Waals surface area contributed by atoms with E-state index in [9.17, 15) is 0 Å². The van der Waals surface area contributed by atoms with E-state index in [-0.39, 0.29) is 0 Å². The third-order valence-electron chi connectivity index (χ3n) is 3.92. The fourth-order valence-electron chi connectivity index (χ4n) is 2.75. The zero-order chi connectivity index (χ0) is 11.5. The van der Waals surface area contributed by atoms with Crippen molar-refractivity contribution in [3.05, 3.63) is 29.8 Å². The monoisotopic (exact) mass is 218 g/mol. The van der Waals surface area contributed by atoms with Gasteiger partial charge >= 0.3 is 0 Å². The summed E-state index contributed by atoms with van der Waals surface area (Å²) in [4.78, 5) is 0. The molecule has 2 heteroatoms. The first-order valence-corrected chi connectivity index (χ1v) is 6.28. The van der Waals surface area contributed by atoms with Crippen LogP contribution >= 0.6 is 0 Å². The molecule has 1 aliphatic carbocycles. The van der Waals surface area contributed by atoms with Crippen LogP contribution in [0.2, 0.25) is 0 Å². The van der Waals surface area contributed by atoms with Crippen molar-refractivity contribution in [1.82, 2.24) is 0 Å². The summed E-state index contributed by atoms with van der Waals surface area (Å²) < 4.78 is 0. The van der Waals surface area contributed by atoms with Crippen LogP contribution in [0.15, 0.2) is 24.3 Å². The van der Waals surface area contributed by atoms with Gasteiger partial charge in [-0.05, 0) is 62.1 Å². The highest BCUT2D eigenvalue weighted by Gasteiger charge is 2.24. The van der Waals surface area contributed by atoms with Crippen molar-refractivity contribution in [2.75, 3.05) is 5.73 Å². The van der Waals surface area contributed by atoms with Gasteiger partial charge in [0.2, 0.25) is 0 Å². The van der Waals surface area contributed by atoms with E-state index in [2.05, 4.69) is 19.1 Å². The third-order valence-corrected chi connectivity index (χ3v) is 3.92. The highest BCUT2D eigenvalue weighted by Crippen LogP contribution is 2.36. The summed E-state index contributed by atoms with van der Waals surface area (Å²) >= 11 is 0. The molecule has 88 valence electrons. The standard InChI is InChI=1S/C14H22N2/c1-10(15)11-2-4-12(5-3-11)13-6-8-14(16)9-7-13/h6-12H,2-5,15-16H2,1H3. The SMILES string of the molecule is CC(N)C1CCC(c2ccc(N)cc2)CC1. The Kier molecular flexibility index (Phi) is 3.49. The quantitative estimate of drug-likeness (QED) is 0.750. The van der Waals surface area contributed by atoms with Gasteiger partial charge in [0, 0.05) is 11.7 Å². The van der Waals surface area contributed by atoms with Crippen LogP contribution in [-0.2, 0) is 0 Å². The molecule has 0 radical (unpaired) electrons. The third kappa shape index (κ3) is 2.56. The Morgan fingerprint density at radius 1 is 1.06 bits per heavy atom. The molecular weight excluding hydrogens is 196 g/mol. The average molecular weight is 218 g/mol. The Balaban J connectivity index is 1.96. The minimum absolute atomic E-state index is 0.354. The average Bonchev–Trinajstić information content (AvgIpc) is 2.30. The number of rotatable bonds is 2. The zero-order valence-corrected chi connectivity index (χ0v) is 10.0. The second-order valence-electron chi connectivity index (χ2n) is 5.14. The summed E-state index contributed by atoms with van der Waals surface area (Å²) in [5.41, 5.74) is 14.0. The molecule has 1 atom stereocenters. The van der Waals surface area contributed by atoms with Crippen molar-refractivity contribution in [3.63, 3.8) is 0 Å². The normalized spacial score (nSPS) is 27.6. The van der Waals surface area contributed by atoms with Crippen molar-refractivity contribution in [2.45, 2.75) is 44.6 Å². The van der Waals surface area contributed by atoms with Crippen molar-refractivity contribution in [3.8, 4) is 0 Å². The second kappa shape index (κ2) is 4.88. The molecule has 1 aromatic rings. The topological polar surface area (TPSA) is 52.0 Å². The van der Waals surface area contributed by atoms with Crippen LogP contribution in [-0.4, -0.2) is 6.04 Å². The van der Waals surface area contributed by atoms with Gasteiger partial charge in [-0.2, -0.15) is 0 Å². The first-order valence-electron chi connectivity index (χ1n) is 6.28. The molecule has 0 heterocycles. The molecule has 1 unspecified atom stereocenters. The van der Waals surface area contributed by atoms with Gasteiger partial charge in [0.25, 0.3) is 0 Å². The molecule has 1 fully saturated rings. The predicted molar refractivity (Wildman–Crippen MR) is 69.2 cm³/mol. The van der Waals surface area contributed by atoms with Gasteiger partial charge in [-0.15, -0.1) is 0 Å². The number of hydrogen-bond donors (Lipinski definition) is 2. The lowest BCUT2D eigenvalue weighted by molar-refractivity contribution is 0.291. The largest absolute Gasteiger partial charge is 0.399 e. The Morgan fingerprint density at radius 3 is 2.12 bits per heavy atom. The Hall–Kier alpha value is -1.02. The molecule has 0 saturated heterocycles. The summed E-state index contributed by atoms with van der Waals surface area (Å²) in [5, 5.41) is 0. The van der Waals surface area contributed by atoms with Gasteiger partial charge in [-0.1, -0.05) is 12.1 Å².